The third-order valence-corrected chi connectivity index (χ3v) is 1.57. The molecule has 1 atom stereocenters. The third kappa shape index (κ3) is 3.58. The number of carbonyl (C=O) groups excluding carboxylic acids is 1. The summed E-state index contributed by atoms with van der Waals surface area (Å²) in [5.41, 5.74) is 0. The van der Waals surface area contributed by atoms with Crippen molar-refractivity contribution in [3.05, 3.63) is 0 Å². The average molecular weight is 259 g/mol. The van der Waals surface area contributed by atoms with Crippen LogP contribution >= 0.6 is 0 Å². The second-order valence-electron chi connectivity index (χ2n) is 2.84. The highest BCUT2D eigenvalue weighted by molar-refractivity contribution is 5.88. The van der Waals surface area contributed by atoms with E-state index in [9.17, 15) is 31.5 Å². The number of rotatable bonds is 4. The quantitative estimate of drug-likeness (QED) is 0.579. The van der Waals surface area contributed by atoms with E-state index in [-0.39, 0.29) is 0 Å². The highest BCUT2D eigenvalue weighted by atomic mass is 19.4. The highest BCUT2D eigenvalue weighted by Gasteiger charge is 2.63. The van der Waals surface area contributed by atoms with E-state index in [0.29, 0.717) is 0 Å². The summed E-state index contributed by atoms with van der Waals surface area (Å²) in [6, 6.07) is -2.00. The highest BCUT2D eigenvalue weighted by Crippen LogP contribution is 2.35. The number of carboxylic acids is 1. The number of aliphatic carboxylic acids is 1. The molecular weight excluding hydrogens is 253 g/mol. The second kappa shape index (κ2) is 4.99. The molecule has 0 aromatic carbocycles. The molecule has 0 spiro atoms. The maximum atomic E-state index is 12.4. The van der Waals surface area contributed by atoms with Crippen LogP contribution < -0.4 is 5.32 Å². The molecule has 1 amide bonds. The molecule has 9 heteroatoms. The predicted octanol–water partition coefficient (Wildman–Crippen LogP) is 0.777. The number of amides is 1. The van der Waals surface area contributed by atoms with Crippen molar-refractivity contribution in [3.8, 4) is 12.3 Å². The van der Waals surface area contributed by atoms with Crippen molar-refractivity contribution < 1.29 is 36.6 Å². The maximum Gasteiger partial charge on any atom is 0.463 e. The van der Waals surface area contributed by atoms with Crippen LogP contribution in [0.25, 0.3) is 0 Å². The van der Waals surface area contributed by atoms with Gasteiger partial charge in [0.25, 0.3) is 0 Å². The summed E-state index contributed by atoms with van der Waals surface area (Å²) in [6.07, 6.45) is -2.15. The van der Waals surface area contributed by atoms with Crippen LogP contribution in [-0.4, -0.2) is 35.1 Å². The van der Waals surface area contributed by atoms with Crippen molar-refractivity contribution in [2.75, 3.05) is 0 Å². The van der Waals surface area contributed by atoms with Crippen molar-refractivity contribution in [2.45, 2.75) is 24.6 Å². The Kier molecular flexibility index (Phi) is 4.44. The van der Waals surface area contributed by atoms with Crippen molar-refractivity contribution in [1.82, 2.24) is 5.32 Å². The van der Waals surface area contributed by atoms with Crippen LogP contribution in [0.15, 0.2) is 0 Å². The van der Waals surface area contributed by atoms with Crippen LogP contribution in [0.2, 0.25) is 0 Å². The zero-order valence-corrected chi connectivity index (χ0v) is 8.02. The minimum Gasteiger partial charge on any atom is -0.480 e. The lowest BCUT2D eigenvalue weighted by Crippen LogP contribution is -2.54. The number of alkyl halides is 5. The van der Waals surface area contributed by atoms with Crippen molar-refractivity contribution >= 4 is 11.9 Å². The van der Waals surface area contributed by atoms with Gasteiger partial charge in [-0.15, -0.1) is 12.3 Å². The number of hydrogen-bond acceptors (Lipinski definition) is 2. The Labute approximate surface area is 91.8 Å². The Bertz CT molecular complexity index is 357. The number of carboxylic acid groups (broad SMARTS) is 1. The SMILES string of the molecule is C#CCC(NC(=O)C(F)(F)C(F)(F)F)C(=O)O. The summed E-state index contributed by atoms with van der Waals surface area (Å²) in [5.74, 6) is -8.52. The molecule has 0 aliphatic heterocycles. The molecule has 0 heterocycles. The van der Waals surface area contributed by atoms with Gasteiger partial charge in [0, 0.05) is 6.42 Å². The number of carbonyl (C=O) groups is 2. The van der Waals surface area contributed by atoms with Gasteiger partial charge in [-0.3, -0.25) is 4.79 Å². The van der Waals surface area contributed by atoms with Crippen LogP contribution in [0.1, 0.15) is 6.42 Å². The molecule has 0 aromatic heterocycles. The van der Waals surface area contributed by atoms with Gasteiger partial charge < -0.3 is 10.4 Å². The topological polar surface area (TPSA) is 66.4 Å². The molecule has 17 heavy (non-hydrogen) atoms. The second-order valence-corrected chi connectivity index (χ2v) is 2.84. The fourth-order valence-corrected chi connectivity index (χ4v) is 0.696. The minimum atomic E-state index is -6.10. The maximum absolute atomic E-state index is 12.4. The molecule has 0 saturated heterocycles. The van der Waals surface area contributed by atoms with Crippen LogP contribution in [-0.2, 0) is 9.59 Å². The van der Waals surface area contributed by atoms with E-state index in [4.69, 9.17) is 5.11 Å². The van der Waals surface area contributed by atoms with Gasteiger partial charge in [0.1, 0.15) is 6.04 Å². The van der Waals surface area contributed by atoms with Gasteiger partial charge >= 0.3 is 24.0 Å². The molecule has 0 saturated carbocycles. The van der Waals surface area contributed by atoms with Gasteiger partial charge in [0.15, 0.2) is 0 Å². The normalized spacial score (nSPS) is 13.6. The Balaban J connectivity index is 4.86. The standard InChI is InChI=1S/C8H6F5NO3/c1-2-3-4(5(15)16)14-6(17)7(9,10)8(11,12)13/h1,4H,3H2,(H,14,17)(H,15,16). The molecule has 1 unspecified atom stereocenters. The van der Waals surface area contributed by atoms with E-state index in [1.807, 2.05) is 0 Å². The molecule has 4 nitrogen and oxygen atoms in total. The Morgan fingerprint density at radius 3 is 2.06 bits per heavy atom. The monoisotopic (exact) mass is 259 g/mol. The molecular formula is C8H6F5NO3. The van der Waals surface area contributed by atoms with E-state index in [2.05, 4.69) is 6.42 Å². The average Bonchev–Trinajstić information content (AvgIpc) is 2.14. The summed E-state index contributed by atoms with van der Waals surface area (Å²) in [7, 11) is 0. The first-order valence-corrected chi connectivity index (χ1v) is 3.95. The van der Waals surface area contributed by atoms with Gasteiger partial charge in [-0.05, 0) is 0 Å². The van der Waals surface area contributed by atoms with E-state index in [0.717, 1.165) is 5.32 Å². The summed E-state index contributed by atoms with van der Waals surface area (Å²) in [5, 5.41) is 9.40. The van der Waals surface area contributed by atoms with E-state index >= 15 is 0 Å². The fraction of sp³-hybridized carbons (Fsp3) is 0.500. The van der Waals surface area contributed by atoms with Gasteiger partial charge in [0.2, 0.25) is 0 Å². The number of nitrogens with one attached hydrogen (secondary N) is 1. The minimum absolute atomic E-state index is 0.713. The first kappa shape index (κ1) is 15.2. The van der Waals surface area contributed by atoms with Gasteiger partial charge in [-0.25, -0.2) is 4.79 Å². The predicted molar refractivity (Wildman–Crippen MR) is 44.0 cm³/mol. The molecule has 0 rings (SSSR count). The Hall–Kier alpha value is -1.85. The smallest absolute Gasteiger partial charge is 0.463 e. The van der Waals surface area contributed by atoms with Gasteiger partial charge in [-0.2, -0.15) is 22.0 Å². The van der Waals surface area contributed by atoms with Gasteiger partial charge in [-0.1, -0.05) is 0 Å². The Morgan fingerprint density at radius 1 is 1.29 bits per heavy atom. The first-order chi connectivity index (χ1) is 7.54. The van der Waals surface area contributed by atoms with Crippen molar-refractivity contribution in [2.24, 2.45) is 0 Å². The zero-order chi connectivity index (χ0) is 13.9. The summed E-state index contributed by atoms with van der Waals surface area (Å²) >= 11 is 0. The summed E-state index contributed by atoms with van der Waals surface area (Å²) < 4.78 is 60.0. The number of terminal acetylenes is 1. The van der Waals surface area contributed by atoms with Gasteiger partial charge in [0.05, 0.1) is 0 Å². The lowest BCUT2D eigenvalue weighted by Gasteiger charge is -2.20. The summed E-state index contributed by atoms with van der Waals surface area (Å²) in [6.45, 7) is 0. The summed E-state index contributed by atoms with van der Waals surface area (Å²) in [4.78, 5) is 21.0. The number of hydrogen-bond donors (Lipinski definition) is 2. The molecule has 96 valence electrons. The molecule has 0 aliphatic rings. The fourth-order valence-electron chi connectivity index (χ4n) is 0.696. The molecule has 0 fully saturated rings. The largest absolute Gasteiger partial charge is 0.480 e. The van der Waals surface area contributed by atoms with E-state index in [1.54, 1.807) is 5.92 Å². The lowest BCUT2D eigenvalue weighted by atomic mass is 10.2. The van der Waals surface area contributed by atoms with Crippen LogP contribution in [0.5, 0.6) is 0 Å². The first-order valence-electron chi connectivity index (χ1n) is 3.95. The van der Waals surface area contributed by atoms with Crippen molar-refractivity contribution in [3.63, 3.8) is 0 Å². The van der Waals surface area contributed by atoms with Crippen molar-refractivity contribution in [1.29, 1.82) is 0 Å². The van der Waals surface area contributed by atoms with Crippen LogP contribution in [0.3, 0.4) is 0 Å². The Morgan fingerprint density at radius 2 is 1.76 bits per heavy atom. The molecule has 0 radical (unpaired) electrons. The molecule has 0 bridgehead atoms. The molecule has 2 N–H and O–H groups in total. The lowest BCUT2D eigenvalue weighted by molar-refractivity contribution is -0.270. The van der Waals surface area contributed by atoms with Crippen LogP contribution in [0, 0.1) is 12.3 Å². The van der Waals surface area contributed by atoms with Crippen LogP contribution in [0.4, 0.5) is 22.0 Å². The molecule has 0 aliphatic carbocycles. The van der Waals surface area contributed by atoms with E-state index < -0.39 is 36.4 Å². The third-order valence-electron chi connectivity index (χ3n) is 1.57. The molecule has 0 aromatic rings. The number of halogens is 5. The zero-order valence-electron chi connectivity index (χ0n) is 8.02. The van der Waals surface area contributed by atoms with E-state index in [1.165, 1.54) is 0 Å².